The first-order valence-corrected chi connectivity index (χ1v) is 10.9. The molecule has 22 heavy (non-hydrogen) atoms. The van der Waals surface area contributed by atoms with Crippen molar-refractivity contribution in [1.29, 1.82) is 0 Å². The van der Waals surface area contributed by atoms with E-state index in [1.807, 2.05) is 18.2 Å². The number of hydrogen-bond acceptors (Lipinski definition) is 4. The molecule has 0 aromatic heterocycles. The molecule has 2 aliphatic rings. The van der Waals surface area contributed by atoms with Crippen molar-refractivity contribution in [3.05, 3.63) is 35.4 Å². The van der Waals surface area contributed by atoms with Crippen molar-refractivity contribution in [2.45, 2.75) is 31.8 Å². The van der Waals surface area contributed by atoms with Crippen LogP contribution in [-0.2, 0) is 19.7 Å². The van der Waals surface area contributed by atoms with Crippen LogP contribution in [0.5, 0.6) is 0 Å². The number of amides is 1. The van der Waals surface area contributed by atoms with Gasteiger partial charge < -0.3 is 14.1 Å². The average molecular weight is 319 g/mol. The smallest absolute Gasteiger partial charge is 0.313 e. The molecule has 0 aliphatic carbocycles. The summed E-state index contributed by atoms with van der Waals surface area (Å²) < 4.78 is 11.5. The maximum Gasteiger partial charge on any atom is 0.313 e. The van der Waals surface area contributed by atoms with E-state index in [2.05, 4.69) is 19.6 Å². The van der Waals surface area contributed by atoms with E-state index in [9.17, 15) is 9.59 Å². The van der Waals surface area contributed by atoms with Gasteiger partial charge in [-0.2, -0.15) is 0 Å². The summed E-state index contributed by atoms with van der Waals surface area (Å²) in [5.41, 5.74) is 0.440. The first-order valence-electron chi connectivity index (χ1n) is 7.51. The van der Waals surface area contributed by atoms with E-state index in [1.54, 1.807) is 11.0 Å². The van der Waals surface area contributed by atoms with Crippen molar-refractivity contribution in [1.82, 2.24) is 4.90 Å². The summed E-state index contributed by atoms with van der Waals surface area (Å²) in [6.07, 6.45) is 0.567. The zero-order valence-electron chi connectivity index (χ0n) is 13.4. The molecule has 0 saturated carbocycles. The maximum absolute atomic E-state index is 12.7. The normalized spacial score (nSPS) is 26.8. The molecule has 2 atom stereocenters. The number of benzene rings is 1. The van der Waals surface area contributed by atoms with Gasteiger partial charge in [-0.15, -0.1) is 0 Å². The molecule has 0 radical (unpaired) electrons. The molecule has 2 aliphatic heterocycles. The lowest BCUT2D eigenvalue weighted by atomic mass is 9.89. The molecular formula is C16H21NO4Si. The maximum atomic E-state index is 12.7. The standard InChI is InChI=1S/C16H21NO4Si/c1-20-15(19)13-9-10-17-14(18)11-7-5-6-8-12(11)16(13,17)21-22(2,3)4/h5-8,13H,9-10H2,1-4H3/t13-,16-/m0/s1. The second-order valence-corrected chi connectivity index (χ2v) is 11.2. The van der Waals surface area contributed by atoms with Gasteiger partial charge in [0.15, 0.2) is 14.0 Å². The Morgan fingerprint density at radius 3 is 2.64 bits per heavy atom. The summed E-state index contributed by atoms with van der Waals surface area (Å²) in [4.78, 5) is 26.8. The molecule has 5 nitrogen and oxygen atoms in total. The van der Waals surface area contributed by atoms with Crippen LogP contribution in [0.25, 0.3) is 0 Å². The van der Waals surface area contributed by atoms with Crippen molar-refractivity contribution in [3.8, 4) is 0 Å². The Kier molecular flexibility index (Phi) is 3.41. The number of carbonyl (C=O) groups is 2. The van der Waals surface area contributed by atoms with Crippen LogP contribution in [-0.4, -0.2) is 38.7 Å². The zero-order chi connectivity index (χ0) is 16.1. The van der Waals surface area contributed by atoms with Crippen molar-refractivity contribution >= 4 is 20.2 Å². The van der Waals surface area contributed by atoms with Crippen LogP contribution >= 0.6 is 0 Å². The van der Waals surface area contributed by atoms with Gasteiger partial charge in [0.1, 0.15) is 5.92 Å². The SMILES string of the molecule is COC(=O)[C@@H]1CCN2C(=O)c3ccccc3[C@]12O[Si](C)(C)C. The number of carbonyl (C=O) groups excluding carboxylic acids is 2. The lowest BCUT2D eigenvalue weighted by Crippen LogP contribution is -2.52. The minimum atomic E-state index is -2.02. The van der Waals surface area contributed by atoms with E-state index in [-0.39, 0.29) is 11.9 Å². The number of methoxy groups -OCH3 is 1. The lowest BCUT2D eigenvalue weighted by molar-refractivity contribution is -0.159. The van der Waals surface area contributed by atoms with Gasteiger partial charge in [-0.05, 0) is 32.1 Å². The highest BCUT2D eigenvalue weighted by Crippen LogP contribution is 2.52. The number of esters is 1. The number of hydrogen-bond donors (Lipinski definition) is 0. The highest BCUT2D eigenvalue weighted by Gasteiger charge is 2.62. The van der Waals surface area contributed by atoms with Gasteiger partial charge in [0.2, 0.25) is 0 Å². The van der Waals surface area contributed by atoms with E-state index in [4.69, 9.17) is 9.16 Å². The molecule has 0 bridgehead atoms. The Bertz CT molecular complexity index is 639. The van der Waals surface area contributed by atoms with E-state index in [0.717, 1.165) is 5.56 Å². The zero-order valence-corrected chi connectivity index (χ0v) is 14.4. The van der Waals surface area contributed by atoms with Crippen molar-refractivity contribution in [2.75, 3.05) is 13.7 Å². The van der Waals surface area contributed by atoms with Gasteiger partial charge in [-0.25, -0.2) is 0 Å². The van der Waals surface area contributed by atoms with Crippen LogP contribution in [0.2, 0.25) is 19.6 Å². The van der Waals surface area contributed by atoms with Crippen LogP contribution in [0, 0.1) is 5.92 Å². The molecular weight excluding hydrogens is 298 g/mol. The Hall–Kier alpha value is -1.66. The molecule has 0 N–H and O–H groups in total. The molecule has 1 fully saturated rings. The highest BCUT2D eigenvalue weighted by molar-refractivity contribution is 6.69. The third-order valence-electron chi connectivity index (χ3n) is 4.25. The first-order chi connectivity index (χ1) is 10.3. The molecule has 0 unspecified atom stereocenters. The van der Waals surface area contributed by atoms with Gasteiger partial charge in [0.05, 0.1) is 7.11 Å². The summed E-state index contributed by atoms with van der Waals surface area (Å²) in [5.74, 6) is -0.845. The Morgan fingerprint density at radius 1 is 1.32 bits per heavy atom. The topological polar surface area (TPSA) is 55.8 Å². The van der Waals surface area contributed by atoms with Crippen molar-refractivity contribution in [3.63, 3.8) is 0 Å². The minimum Gasteiger partial charge on any atom is -0.469 e. The number of rotatable bonds is 3. The van der Waals surface area contributed by atoms with E-state index < -0.39 is 20.0 Å². The second-order valence-electron chi connectivity index (χ2n) is 6.78. The van der Waals surface area contributed by atoms with Crippen molar-refractivity contribution in [2.24, 2.45) is 5.92 Å². The lowest BCUT2D eigenvalue weighted by Gasteiger charge is -2.41. The van der Waals surface area contributed by atoms with Crippen LogP contribution in [0.4, 0.5) is 0 Å². The molecule has 3 rings (SSSR count). The molecule has 1 aromatic carbocycles. The summed E-state index contributed by atoms with van der Waals surface area (Å²) >= 11 is 0. The van der Waals surface area contributed by atoms with Crippen LogP contribution < -0.4 is 0 Å². The fourth-order valence-electron chi connectivity index (χ4n) is 3.59. The molecule has 6 heteroatoms. The monoisotopic (exact) mass is 319 g/mol. The Labute approximate surface area is 131 Å². The molecule has 1 aromatic rings. The number of nitrogens with zero attached hydrogens (tertiary/aromatic N) is 1. The first kappa shape index (κ1) is 15.2. The van der Waals surface area contributed by atoms with Crippen LogP contribution in [0.15, 0.2) is 24.3 Å². The second kappa shape index (κ2) is 4.92. The third-order valence-corrected chi connectivity index (χ3v) is 5.17. The minimum absolute atomic E-state index is 0.0553. The quantitative estimate of drug-likeness (QED) is 0.634. The summed E-state index contributed by atoms with van der Waals surface area (Å²) in [6, 6.07) is 7.43. The predicted molar refractivity (Wildman–Crippen MR) is 83.7 cm³/mol. The number of fused-ring (bicyclic) bond motifs is 3. The van der Waals surface area contributed by atoms with Gasteiger partial charge in [0.25, 0.3) is 5.91 Å². The fraction of sp³-hybridized carbons (Fsp3) is 0.500. The van der Waals surface area contributed by atoms with E-state index >= 15 is 0 Å². The Morgan fingerprint density at radius 2 is 2.00 bits per heavy atom. The molecule has 0 spiro atoms. The van der Waals surface area contributed by atoms with Crippen molar-refractivity contribution < 1.29 is 18.8 Å². The largest absolute Gasteiger partial charge is 0.469 e. The van der Waals surface area contributed by atoms with Gasteiger partial charge >= 0.3 is 5.97 Å². The Balaban J connectivity index is 2.21. The fourth-order valence-corrected chi connectivity index (χ4v) is 4.88. The predicted octanol–water partition coefficient (Wildman–Crippen LogP) is 2.34. The summed E-state index contributed by atoms with van der Waals surface area (Å²) in [5, 5.41) is 0. The van der Waals surface area contributed by atoms with E-state index in [1.165, 1.54) is 7.11 Å². The molecule has 118 valence electrons. The van der Waals surface area contributed by atoms with E-state index in [0.29, 0.717) is 18.5 Å². The van der Waals surface area contributed by atoms with Crippen LogP contribution in [0.1, 0.15) is 22.3 Å². The number of ether oxygens (including phenoxy) is 1. The molecule has 1 saturated heterocycles. The van der Waals surface area contributed by atoms with Gasteiger partial charge in [0, 0.05) is 17.7 Å². The summed E-state index contributed by atoms with van der Waals surface area (Å²) in [7, 11) is -0.633. The van der Waals surface area contributed by atoms with Gasteiger partial charge in [-0.3, -0.25) is 9.59 Å². The van der Waals surface area contributed by atoms with Gasteiger partial charge in [-0.1, -0.05) is 18.2 Å². The summed E-state index contributed by atoms with van der Waals surface area (Å²) in [6.45, 7) is 6.71. The van der Waals surface area contributed by atoms with Crippen LogP contribution in [0.3, 0.4) is 0 Å². The third kappa shape index (κ3) is 2.01. The highest BCUT2D eigenvalue weighted by atomic mass is 28.4. The molecule has 2 heterocycles. The average Bonchev–Trinajstić information content (AvgIpc) is 2.92. The molecule has 1 amide bonds.